The molecule has 1 atom stereocenters. The van der Waals surface area contributed by atoms with Gasteiger partial charge in [-0.3, -0.25) is 0 Å². The predicted octanol–water partition coefficient (Wildman–Crippen LogP) is 3.82. The predicted molar refractivity (Wildman–Crippen MR) is 90.8 cm³/mol. The Hall–Kier alpha value is -0.330. The molecule has 0 radical (unpaired) electrons. The Morgan fingerprint density at radius 3 is 2.27 bits per heavy atom. The number of rotatable bonds is 4. The van der Waals surface area contributed by atoms with Gasteiger partial charge in [0, 0.05) is 11.6 Å². The highest BCUT2D eigenvalue weighted by atomic mass is 35.5. The normalized spacial score (nSPS) is 18.6. The van der Waals surface area contributed by atoms with E-state index >= 15 is 0 Å². The summed E-state index contributed by atoms with van der Waals surface area (Å²) < 4.78 is 24.0. The second-order valence-electron chi connectivity index (χ2n) is 6.12. The first-order chi connectivity index (χ1) is 10.2. The van der Waals surface area contributed by atoms with Gasteiger partial charge in [-0.2, -0.15) is 0 Å². The molecule has 1 aromatic rings. The van der Waals surface area contributed by atoms with Gasteiger partial charge in [-0.05, 0) is 45.0 Å². The summed E-state index contributed by atoms with van der Waals surface area (Å²) >= 11 is 12.5. The van der Waals surface area contributed by atoms with Gasteiger partial charge >= 0.3 is 0 Å². The summed E-state index contributed by atoms with van der Waals surface area (Å²) in [5.41, 5.74) is 0.536. The van der Waals surface area contributed by atoms with Gasteiger partial charge in [0.2, 0.25) is 10.0 Å². The maximum atomic E-state index is 12.0. The number of nitrogens with two attached hydrogens (primary N) is 1. The lowest BCUT2D eigenvalue weighted by Gasteiger charge is -2.36. The summed E-state index contributed by atoms with van der Waals surface area (Å²) in [6.45, 7) is 0. The van der Waals surface area contributed by atoms with E-state index in [2.05, 4.69) is 0 Å². The summed E-state index contributed by atoms with van der Waals surface area (Å²) in [6, 6.07) is 2.83. The zero-order valence-electron chi connectivity index (χ0n) is 12.9. The van der Waals surface area contributed by atoms with Crippen LogP contribution in [0, 0.1) is 5.92 Å². The van der Waals surface area contributed by atoms with Crippen molar-refractivity contribution in [1.82, 2.24) is 4.90 Å². The number of hydrogen-bond acceptors (Lipinski definition) is 3. The fraction of sp³-hybridized carbons (Fsp3) is 0.600. The van der Waals surface area contributed by atoms with Crippen LogP contribution in [0.3, 0.4) is 0 Å². The third-order valence-electron chi connectivity index (χ3n) is 4.35. The average molecular weight is 365 g/mol. The second-order valence-corrected chi connectivity index (χ2v) is 8.44. The number of benzene rings is 1. The minimum absolute atomic E-state index is 0.0752. The number of halogens is 2. The Morgan fingerprint density at radius 2 is 1.77 bits per heavy atom. The van der Waals surface area contributed by atoms with Crippen molar-refractivity contribution in [3.05, 3.63) is 27.7 Å². The first-order valence-corrected chi connectivity index (χ1v) is 9.71. The molecule has 0 saturated heterocycles. The van der Waals surface area contributed by atoms with Crippen LogP contribution in [0.15, 0.2) is 17.0 Å². The maximum absolute atomic E-state index is 12.0. The quantitative estimate of drug-likeness (QED) is 0.882. The van der Waals surface area contributed by atoms with Crippen molar-refractivity contribution < 1.29 is 8.42 Å². The Kier molecular flexibility index (Phi) is 5.78. The largest absolute Gasteiger partial charge is 0.302 e. The summed E-state index contributed by atoms with van der Waals surface area (Å²) in [5.74, 6) is 0.347. The van der Waals surface area contributed by atoms with Crippen LogP contribution in [-0.2, 0) is 10.0 Å². The molecule has 0 aromatic heterocycles. The lowest BCUT2D eigenvalue weighted by Crippen LogP contribution is -2.31. The number of sulfonamides is 1. The van der Waals surface area contributed by atoms with Gasteiger partial charge < -0.3 is 4.90 Å². The van der Waals surface area contributed by atoms with Gasteiger partial charge in [-0.15, -0.1) is 0 Å². The Labute approximate surface area is 142 Å². The van der Waals surface area contributed by atoms with Gasteiger partial charge in [-0.25, -0.2) is 13.6 Å². The first-order valence-electron chi connectivity index (χ1n) is 7.40. The molecule has 2 N–H and O–H groups in total. The fourth-order valence-electron chi connectivity index (χ4n) is 3.44. The molecule has 22 heavy (non-hydrogen) atoms. The van der Waals surface area contributed by atoms with Crippen LogP contribution in [-0.4, -0.2) is 27.4 Å². The van der Waals surface area contributed by atoms with Crippen LogP contribution < -0.4 is 5.14 Å². The van der Waals surface area contributed by atoms with Gasteiger partial charge in [0.15, 0.2) is 0 Å². The molecule has 1 unspecified atom stereocenters. The summed E-state index contributed by atoms with van der Waals surface area (Å²) in [4.78, 5) is 2.09. The average Bonchev–Trinajstić information content (AvgIpc) is 2.43. The van der Waals surface area contributed by atoms with Crippen molar-refractivity contribution in [2.75, 3.05) is 14.1 Å². The van der Waals surface area contributed by atoms with Crippen LogP contribution in [0.1, 0.15) is 43.7 Å². The molecule has 0 aliphatic heterocycles. The van der Waals surface area contributed by atoms with E-state index in [4.69, 9.17) is 28.3 Å². The van der Waals surface area contributed by atoms with E-state index in [1.54, 1.807) is 0 Å². The molecule has 1 aromatic carbocycles. The smallest absolute Gasteiger partial charge is 0.238 e. The third-order valence-corrected chi connectivity index (χ3v) is 6.14. The molecule has 0 heterocycles. The monoisotopic (exact) mass is 364 g/mol. The Bertz CT molecular complexity index is 641. The molecule has 2 rings (SSSR count). The van der Waals surface area contributed by atoms with Crippen LogP contribution in [0.4, 0.5) is 0 Å². The Morgan fingerprint density at radius 1 is 1.18 bits per heavy atom. The molecule has 0 spiro atoms. The van der Waals surface area contributed by atoms with Crippen molar-refractivity contribution in [3.8, 4) is 0 Å². The van der Waals surface area contributed by atoms with Crippen molar-refractivity contribution in [2.24, 2.45) is 11.1 Å². The number of nitrogens with zero attached hydrogens (tertiary/aromatic N) is 1. The Balaban J connectivity index is 2.62. The van der Waals surface area contributed by atoms with Crippen LogP contribution >= 0.6 is 23.2 Å². The molecule has 1 aliphatic carbocycles. The first kappa shape index (κ1) is 18.0. The standard InChI is InChI=1S/C15H22Cl2N2O2S/c1-19(2)15(10-6-4-3-5-7-10)13-12(22(18,20)21)9-8-11(16)14(13)17/h8-10,15H,3-7H2,1-2H3,(H2,18,20,21). The zero-order chi connectivity index (χ0) is 16.5. The molecule has 1 aliphatic rings. The lowest BCUT2D eigenvalue weighted by atomic mass is 9.80. The van der Waals surface area contributed by atoms with E-state index in [1.165, 1.54) is 18.6 Å². The molecule has 4 nitrogen and oxygen atoms in total. The van der Waals surface area contributed by atoms with Crippen LogP contribution in [0.25, 0.3) is 0 Å². The van der Waals surface area contributed by atoms with Crippen molar-refractivity contribution in [2.45, 2.75) is 43.0 Å². The van der Waals surface area contributed by atoms with Crippen LogP contribution in [0.2, 0.25) is 10.0 Å². The minimum Gasteiger partial charge on any atom is -0.302 e. The van der Waals surface area contributed by atoms with E-state index in [9.17, 15) is 8.42 Å². The highest BCUT2D eigenvalue weighted by Gasteiger charge is 2.33. The van der Waals surface area contributed by atoms with Crippen molar-refractivity contribution in [3.63, 3.8) is 0 Å². The summed E-state index contributed by atoms with van der Waals surface area (Å²) in [7, 11) is 0.00821. The fourth-order valence-corrected chi connectivity index (χ4v) is 4.72. The molecule has 1 saturated carbocycles. The van der Waals surface area contributed by atoms with E-state index in [-0.39, 0.29) is 16.0 Å². The summed E-state index contributed by atoms with van der Waals surface area (Å²) in [6.07, 6.45) is 5.63. The molecule has 0 bridgehead atoms. The lowest BCUT2D eigenvalue weighted by molar-refractivity contribution is 0.169. The van der Waals surface area contributed by atoms with E-state index in [0.29, 0.717) is 16.5 Å². The highest BCUT2D eigenvalue weighted by Crippen LogP contribution is 2.44. The molecular formula is C15H22Cl2N2O2S. The minimum atomic E-state index is -3.86. The highest BCUT2D eigenvalue weighted by molar-refractivity contribution is 7.89. The molecule has 0 amide bonds. The topological polar surface area (TPSA) is 63.4 Å². The SMILES string of the molecule is CN(C)C(c1c(S(N)(=O)=O)ccc(Cl)c1Cl)C1CCCCC1. The van der Waals surface area contributed by atoms with Gasteiger partial charge in [0.25, 0.3) is 0 Å². The van der Waals surface area contributed by atoms with Gasteiger partial charge in [0.1, 0.15) is 0 Å². The maximum Gasteiger partial charge on any atom is 0.238 e. The molecule has 124 valence electrons. The summed E-state index contributed by atoms with van der Waals surface area (Å²) in [5, 5.41) is 6.04. The zero-order valence-corrected chi connectivity index (χ0v) is 15.2. The van der Waals surface area contributed by atoms with Crippen molar-refractivity contribution in [1.29, 1.82) is 0 Å². The van der Waals surface area contributed by atoms with Crippen LogP contribution in [0.5, 0.6) is 0 Å². The van der Waals surface area contributed by atoms with Gasteiger partial charge in [-0.1, -0.05) is 42.5 Å². The molecular weight excluding hydrogens is 343 g/mol. The third kappa shape index (κ3) is 3.77. The van der Waals surface area contributed by atoms with E-state index in [1.807, 2.05) is 19.0 Å². The van der Waals surface area contributed by atoms with Crippen molar-refractivity contribution >= 4 is 33.2 Å². The van der Waals surface area contributed by atoms with Gasteiger partial charge in [0.05, 0.1) is 14.9 Å². The number of hydrogen-bond donors (Lipinski definition) is 1. The van der Waals surface area contributed by atoms with E-state index < -0.39 is 10.0 Å². The van der Waals surface area contributed by atoms with E-state index in [0.717, 1.165) is 25.7 Å². The second kappa shape index (κ2) is 7.05. The molecule has 1 fully saturated rings. The molecule has 7 heteroatoms. The number of primary sulfonamides is 1.